The molecule has 2 N–H and O–H groups in total. The average Bonchev–Trinajstić information content (AvgIpc) is 2.35. The van der Waals surface area contributed by atoms with E-state index in [4.69, 9.17) is 5.11 Å². The minimum Gasteiger partial charge on any atom is -0.395 e. The topological polar surface area (TPSA) is 32.3 Å². The number of aliphatic hydroxyl groups excluding tert-OH is 1. The molecule has 1 aromatic carbocycles. The second kappa shape index (κ2) is 7.03. The first-order valence-electron chi connectivity index (χ1n) is 6.75. The van der Waals surface area contributed by atoms with E-state index in [-0.39, 0.29) is 22.3 Å². The van der Waals surface area contributed by atoms with Gasteiger partial charge in [0, 0.05) is 22.2 Å². The Labute approximate surface area is 128 Å². The zero-order chi connectivity index (χ0) is 16.3. The smallest absolute Gasteiger partial charge is 0.395 e. The van der Waals surface area contributed by atoms with Crippen LogP contribution in [0.3, 0.4) is 0 Å². The van der Waals surface area contributed by atoms with Crippen LogP contribution >= 0.6 is 11.8 Å². The Balaban J connectivity index is 3.02. The number of thioether (sulfide) groups is 1. The fourth-order valence-electron chi connectivity index (χ4n) is 1.63. The molecule has 0 aliphatic carbocycles. The molecule has 0 heterocycles. The lowest BCUT2D eigenvalue weighted by Crippen LogP contribution is -2.35. The van der Waals surface area contributed by atoms with Crippen LogP contribution in [0.4, 0.5) is 13.2 Å². The number of rotatable bonds is 5. The Morgan fingerprint density at radius 1 is 1.24 bits per heavy atom. The normalized spacial score (nSPS) is 14.3. The predicted octanol–water partition coefficient (Wildman–Crippen LogP) is 4.07. The van der Waals surface area contributed by atoms with Gasteiger partial charge in [0.25, 0.3) is 0 Å². The molecule has 6 heteroatoms. The molecule has 0 aliphatic rings. The lowest BCUT2D eigenvalue weighted by molar-refractivity contribution is -0.139. The monoisotopic (exact) mass is 321 g/mol. The second-order valence-corrected chi connectivity index (χ2v) is 7.52. The van der Waals surface area contributed by atoms with Crippen LogP contribution in [0.1, 0.15) is 38.8 Å². The third-order valence-electron chi connectivity index (χ3n) is 2.76. The number of alkyl halides is 3. The van der Waals surface area contributed by atoms with Gasteiger partial charge in [-0.3, -0.25) is 0 Å². The molecule has 120 valence electrons. The Hall–Kier alpha value is -0.720. The van der Waals surface area contributed by atoms with Gasteiger partial charge in [0.2, 0.25) is 0 Å². The van der Waals surface area contributed by atoms with Crippen LogP contribution in [0, 0.1) is 0 Å². The van der Waals surface area contributed by atoms with Gasteiger partial charge in [-0.2, -0.15) is 13.2 Å². The van der Waals surface area contributed by atoms with E-state index in [9.17, 15) is 13.2 Å². The molecule has 0 aromatic heterocycles. The van der Waals surface area contributed by atoms with Crippen molar-refractivity contribution < 1.29 is 18.3 Å². The highest BCUT2D eigenvalue weighted by molar-refractivity contribution is 8.00. The first kappa shape index (κ1) is 18.3. The summed E-state index contributed by atoms with van der Waals surface area (Å²) in [6.07, 6.45) is -4.39. The van der Waals surface area contributed by atoms with Crippen molar-refractivity contribution in [1.29, 1.82) is 0 Å². The van der Waals surface area contributed by atoms with Crippen molar-refractivity contribution in [1.82, 2.24) is 5.32 Å². The largest absolute Gasteiger partial charge is 0.417 e. The van der Waals surface area contributed by atoms with E-state index in [1.54, 1.807) is 13.0 Å². The van der Waals surface area contributed by atoms with Gasteiger partial charge in [-0.1, -0.05) is 13.0 Å². The number of halogens is 3. The average molecular weight is 321 g/mol. The lowest BCUT2D eigenvalue weighted by atomic mass is 10.1. The maximum atomic E-state index is 13.2. The highest BCUT2D eigenvalue weighted by Gasteiger charge is 2.34. The molecule has 0 fully saturated rings. The predicted molar refractivity (Wildman–Crippen MR) is 80.4 cm³/mol. The van der Waals surface area contributed by atoms with Crippen molar-refractivity contribution in [3.05, 3.63) is 29.3 Å². The summed E-state index contributed by atoms with van der Waals surface area (Å²) >= 11 is 1.04. The molecule has 1 rings (SSSR count). The number of hydrogen-bond acceptors (Lipinski definition) is 3. The maximum absolute atomic E-state index is 13.2. The summed E-state index contributed by atoms with van der Waals surface area (Å²) in [5.41, 5.74) is -0.198. The molecule has 0 spiro atoms. The van der Waals surface area contributed by atoms with Gasteiger partial charge < -0.3 is 10.4 Å². The molecule has 0 aliphatic heterocycles. The standard InChI is InChI=1S/C15H22F3NOS/c1-10(9-20)21-13-6-5-11(8-19-14(2,3)4)7-12(13)15(16,17)18/h5-7,10,19-20H,8-9H2,1-4H3. The molecule has 0 bridgehead atoms. The zero-order valence-corrected chi connectivity index (χ0v) is 13.5. The Kier molecular flexibility index (Phi) is 6.13. The number of hydrogen-bond donors (Lipinski definition) is 2. The quantitative estimate of drug-likeness (QED) is 0.802. The Morgan fingerprint density at radius 2 is 1.86 bits per heavy atom. The van der Waals surface area contributed by atoms with Crippen molar-refractivity contribution in [3.8, 4) is 0 Å². The molecule has 1 unspecified atom stereocenters. The second-order valence-electron chi connectivity index (χ2n) is 6.04. The lowest BCUT2D eigenvalue weighted by Gasteiger charge is -2.21. The summed E-state index contributed by atoms with van der Waals surface area (Å²) in [6, 6.07) is 4.37. The van der Waals surface area contributed by atoms with E-state index < -0.39 is 11.7 Å². The van der Waals surface area contributed by atoms with Gasteiger partial charge in [-0.05, 0) is 38.5 Å². The van der Waals surface area contributed by atoms with E-state index in [2.05, 4.69) is 5.32 Å². The Bertz CT molecular complexity index is 469. The fraction of sp³-hybridized carbons (Fsp3) is 0.600. The molecule has 1 atom stereocenters. The van der Waals surface area contributed by atoms with Gasteiger partial charge in [0.1, 0.15) is 0 Å². The van der Waals surface area contributed by atoms with Gasteiger partial charge in [-0.15, -0.1) is 11.8 Å². The molecule has 0 saturated heterocycles. The van der Waals surface area contributed by atoms with Crippen LogP contribution < -0.4 is 5.32 Å². The van der Waals surface area contributed by atoms with Crippen LogP contribution in [0.5, 0.6) is 0 Å². The van der Waals surface area contributed by atoms with Crippen LogP contribution in [-0.4, -0.2) is 22.5 Å². The summed E-state index contributed by atoms with van der Waals surface area (Å²) < 4.78 is 39.5. The van der Waals surface area contributed by atoms with Crippen LogP contribution in [0.25, 0.3) is 0 Å². The SMILES string of the molecule is CC(CO)Sc1ccc(CNC(C)(C)C)cc1C(F)(F)F. The molecule has 0 radical (unpaired) electrons. The summed E-state index contributed by atoms with van der Waals surface area (Å²) in [4.78, 5) is 0.156. The van der Waals surface area contributed by atoms with E-state index >= 15 is 0 Å². The van der Waals surface area contributed by atoms with Crippen molar-refractivity contribution >= 4 is 11.8 Å². The molecule has 1 aromatic rings. The first-order valence-corrected chi connectivity index (χ1v) is 7.63. The van der Waals surface area contributed by atoms with Crippen molar-refractivity contribution in [2.24, 2.45) is 0 Å². The molecule has 21 heavy (non-hydrogen) atoms. The maximum Gasteiger partial charge on any atom is 0.417 e. The number of nitrogens with one attached hydrogen (secondary N) is 1. The van der Waals surface area contributed by atoms with E-state index in [0.29, 0.717) is 12.1 Å². The molecular formula is C15H22F3NOS. The van der Waals surface area contributed by atoms with Gasteiger partial charge in [-0.25, -0.2) is 0 Å². The summed E-state index contributed by atoms with van der Waals surface area (Å²) in [7, 11) is 0. The third kappa shape index (κ3) is 6.28. The van der Waals surface area contributed by atoms with Crippen molar-refractivity contribution in [2.75, 3.05) is 6.61 Å². The van der Waals surface area contributed by atoms with E-state index in [1.807, 2.05) is 20.8 Å². The minimum absolute atomic E-state index is 0.156. The van der Waals surface area contributed by atoms with Crippen LogP contribution in [0.15, 0.2) is 23.1 Å². The third-order valence-corrected chi connectivity index (χ3v) is 3.92. The fourth-order valence-corrected chi connectivity index (χ4v) is 2.59. The van der Waals surface area contributed by atoms with Gasteiger partial charge in [0.15, 0.2) is 0 Å². The Morgan fingerprint density at radius 3 is 2.33 bits per heavy atom. The first-order chi connectivity index (χ1) is 9.53. The highest BCUT2D eigenvalue weighted by Crippen LogP contribution is 2.38. The summed E-state index contributed by atoms with van der Waals surface area (Å²) in [5.74, 6) is 0. The summed E-state index contributed by atoms with van der Waals surface area (Å²) in [6.45, 7) is 7.81. The van der Waals surface area contributed by atoms with Crippen LogP contribution in [-0.2, 0) is 12.7 Å². The van der Waals surface area contributed by atoms with Gasteiger partial charge in [0.05, 0.1) is 12.2 Å². The van der Waals surface area contributed by atoms with E-state index in [1.165, 1.54) is 12.1 Å². The van der Waals surface area contributed by atoms with Crippen LogP contribution in [0.2, 0.25) is 0 Å². The number of benzene rings is 1. The molecule has 0 saturated carbocycles. The number of aliphatic hydroxyl groups is 1. The minimum atomic E-state index is -4.39. The zero-order valence-electron chi connectivity index (χ0n) is 12.7. The van der Waals surface area contributed by atoms with Crippen molar-refractivity contribution in [3.63, 3.8) is 0 Å². The molecule has 0 amide bonds. The van der Waals surface area contributed by atoms with Gasteiger partial charge >= 0.3 is 6.18 Å². The molecule has 2 nitrogen and oxygen atoms in total. The summed E-state index contributed by atoms with van der Waals surface area (Å²) in [5, 5.41) is 11.9. The van der Waals surface area contributed by atoms with E-state index in [0.717, 1.165) is 11.8 Å². The highest BCUT2D eigenvalue weighted by atomic mass is 32.2. The van der Waals surface area contributed by atoms with Crippen molar-refractivity contribution in [2.45, 2.75) is 56.1 Å². The molecular weight excluding hydrogens is 299 g/mol.